The second-order valence-corrected chi connectivity index (χ2v) is 6.51. The molecule has 1 amide bonds. The molecule has 1 heterocycles. The molecule has 0 aliphatic carbocycles. The number of rotatable bonds is 10. The zero-order chi connectivity index (χ0) is 19.9. The number of ether oxygens (including phenoxy) is 2. The molecule has 1 aromatic carbocycles. The minimum absolute atomic E-state index is 0.269. The average molecular weight is 375 g/mol. The molecular weight excluding hydrogens is 346 g/mol. The van der Waals surface area contributed by atoms with Crippen molar-refractivity contribution < 1.29 is 14.3 Å². The summed E-state index contributed by atoms with van der Waals surface area (Å²) in [7, 11) is 1.63. The molecule has 8 nitrogen and oxygen atoms in total. The van der Waals surface area contributed by atoms with Gasteiger partial charge in [-0.15, -0.1) is 5.10 Å². The summed E-state index contributed by atoms with van der Waals surface area (Å²) in [6.07, 6.45) is 1.57. The van der Waals surface area contributed by atoms with E-state index < -0.39 is 5.54 Å². The van der Waals surface area contributed by atoms with Crippen molar-refractivity contribution in [1.82, 2.24) is 20.3 Å². The summed E-state index contributed by atoms with van der Waals surface area (Å²) < 4.78 is 10.5. The largest absolute Gasteiger partial charge is 0.491 e. The van der Waals surface area contributed by atoms with Crippen LogP contribution < -0.4 is 15.8 Å². The van der Waals surface area contributed by atoms with Crippen molar-refractivity contribution in [1.29, 1.82) is 0 Å². The minimum atomic E-state index is -0.405. The van der Waals surface area contributed by atoms with Gasteiger partial charge in [-0.25, -0.2) is 0 Å². The van der Waals surface area contributed by atoms with E-state index in [1.807, 2.05) is 38.1 Å². The van der Waals surface area contributed by atoms with Crippen molar-refractivity contribution in [3.8, 4) is 11.4 Å². The first kappa shape index (κ1) is 20.9. The lowest BCUT2D eigenvalue weighted by Crippen LogP contribution is -2.49. The van der Waals surface area contributed by atoms with Crippen molar-refractivity contribution in [3.05, 3.63) is 35.7 Å². The molecule has 8 heteroatoms. The standard InChI is InChI=1S/C19H29N5O3/c1-5-19(20,6-2)13-21-18(25)17-14(3)22-24(23-17)15-7-9-16(10-8-15)27-12-11-26-4/h7-10H,5-6,11-13,20H2,1-4H3,(H,21,25). The quantitative estimate of drug-likeness (QED) is 0.614. The number of carbonyl (C=O) groups excluding carboxylic acids is 1. The first-order valence-electron chi connectivity index (χ1n) is 9.15. The fraction of sp³-hybridized carbons (Fsp3) is 0.526. The molecular formula is C19H29N5O3. The summed E-state index contributed by atoms with van der Waals surface area (Å²) in [5, 5.41) is 11.5. The summed E-state index contributed by atoms with van der Waals surface area (Å²) in [5.41, 5.74) is 7.43. The maximum atomic E-state index is 12.5. The van der Waals surface area contributed by atoms with Gasteiger partial charge in [0.25, 0.3) is 5.91 Å². The van der Waals surface area contributed by atoms with Gasteiger partial charge in [-0.1, -0.05) is 13.8 Å². The number of hydrogen-bond donors (Lipinski definition) is 2. The van der Waals surface area contributed by atoms with Crippen molar-refractivity contribution >= 4 is 5.91 Å². The number of nitrogens with zero attached hydrogens (tertiary/aromatic N) is 3. The lowest BCUT2D eigenvalue weighted by Gasteiger charge is -2.26. The predicted molar refractivity (Wildman–Crippen MR) is 103 cm³/mol. The Balaban J connectivity index is 2.06. The van der Waals surface area contributed by atoms with Crippen LogP contribution in [0.5, 0.6) is 5.75 Å². The fourth-order valence-corrected chi connectivity index (χ4v) is 2.46. The Morgan fingerprint density at radius 1 is 1.19 bits per heavy atom. The molecule has 148 valence electrons. The Morgan fingerprint density at radius 3 is 2.44 bits per heavy atom. The summed E-state index contributed by atoms with van der Waals surface area (Å²) in [6, 6.07) is 7.33. The molecule has 0 saturated carbocycles. The maximum absolute atomic E-state index is 12.5. The van der Waals surface area contributed by atoms with Crippen LogP contribution in [0.2, 0.25) is 0 Å². The molecule has 3 N–H and O–H groups in total. The highest BCUT2D eigenvalue weighted by molar-refractivity contribution is 5.93. The lowest BCUT2D eigenvalue weighted by molar-refractivity contribution is 0.0936. The third kappa shape index (κ3) is 5.51. The third-order valence-corrected chi connectivity index (χ3v) is 4.63. The molecule has 2 rings (SSSR count). The van der Waals surface area contributed by atoms with Gasteiger partial charge >= 0.3 is 0 Å². The average Bonchev–Trinajstić information content (AvgIpc) is 3.08. The number of amides is 1. The molecule has 27 heavy (non-hydrogen) atoms. The molecule has 1 aromatic heterocycles. The van der Waals surface area contributed by atoms with Gasteiger partial charge in [0.2, 0.25) is 0 Å². The van der Waals surface area contributed by atoms with Crippen LogP contribution in [-0.4, -0.2) is 53.3 Å². The molecule has 0 aliphatic heterocycles. The van der Waals surface area contributed by atoms with Crippen LogP contribution in [0, 0.1) is 6.92 Å². The van der Waals surface area contributed by atoms with Crippen molar-refractivity contribution in [2.75, 3.05) is 26.9 Å². The lowest BCUT2D eigenvalue weighted by atomic mass is 9.94. The third-order valence-electron chi connectivity index (χ3n) is 4.63. The van der Waals surface area contributed by atoms with E-state index in [1.165, 1.54) is 4.80 Å². The van der Waals surface area contributed by atoms with Crippen LogP contribution in [0.1, 0.15) is 42.9 Å². The zero-order valence-electron chi connectivity index (χ0n) is 16.5. The van der Waals surface area contributed by atoms with Gasteiger partial charge in [0.1, 0.15) is 12.4 Å². The number of carbonyl (C=O) groups is 1. The van der Waals surface area contributed by atoms with Crippen LogP contribution in [-0.2, 0) is 4.74 Å². The molecule has 0 spiro atoms. The number of benzene rings is 1. The Kier molecular flexibility index (Phi) is 7.32. The summed E-state index contributed by atoms with van der Waals surface area (Å²) >= 11 is 0. The summed E-state index contributed by atoms with van der Waals surface area (Å²) in [5.74, 6) is 0.464. The van der Waals surface area contributed by atoms with E-state index in [2.05, 4.69) is 15.5 Å². The van der Waals surface area contributed by atoms with Crippen molar-refractivity contribution in [2.45, 2.75) is 39.2 Å². The number of aromatic nitrogens is 3. The van der Waals surface area contributed by atoms with E-state index in [9.17, 15) is 4.79 Å². The van der Waals surface area contributed by atoms with Gasteiger partial charge in [-0.2, -0.15) is 9.90 Å². The van der Waals surface area contributed by atoms with E-state index in [-0.39, 0.29) is 5.91 Å². The Bertz CT molecular complexity index is 738. The van der Waals surface area contributed by atoms with E-state index >= 15 is 0 Å². The van der Waals surface area contributed by atoms with E-state index in [4.69, 9.17) is 15.2 Å². The first-order chi connectivity index (χ1) is 12.9. The second kappa shape index (κ2) is 9.48. The van der Waals surface area contributed by atoms with Crippen LogP contribution in [0.3, 0.4) is 0 Å². The number of methoxy groups -OCH3 is 1. The summed E-state index contributed by atoms with van der Waals surface area (Å²) in [4.78, 5) is 13.9. The normalized spacial score (nSPS) is 11.4. The summed E-state index contributed by atoms with van der Waals surface area (Å²) in [6.45, 7) is 7.20. The number of nitrogens with two attached hydrogens (primary N) is 1. The SMILES string of the molecule is CCC(N)(CC)CNC(=O)c1nn(-c2ccc(OCCOC)cc2)nc1C. The highest BCUT2D eigenvalue weighted by Gasteiger charge is 2.23. The second-order valence-electron chi connectivity index (χ2n) is 6.51. The Labute approximate surface area is 160 Å². The van der Waals surface area contributed by atoms with Gasteiger partial charge in [-0.05, 0) is 44.0 Å². The number of nitrogens with one attached hydrogen (secondary N) is 1. The minimum Gasteiger partial charge on any atom is -0.491 e. The van der Waals surface area contributed by atoms with E-state index in [0.29, 0.717) is 31.1 Å². The highest BCUT2D eigenvalue weighted by atomic mass is 16.5. The molecule has 0 radical (unpaired) electrons. The predicted octanol–water partition coefficient (Wildman–Crippen LogP) is 1.85. The molecule has 2 aromatic rings. The molecule has 0 fully saturated rings. The Hall–Kier alpha value is -2.45. The monoisotopic (exact) mass is 375 g/mol. The maximum Gasteiger partial charge on any atom is 0.273 e. The zero-order valence-corrected chi connectivity index (χ0v) is 16.5. The van der Waals surface area contributed by atoms with Crippen LogP contribution in [0.15, 0.2) is 24.3 Å². The number of aryl methyl sites for hydroxylation is 1. The van der Waals surface area contributed by atoms with Gasteiger partial charge < -0.3 is 20.5 Å². The van der Waals surface area contributed by atoms with Crippen LogP contribution >= 0.6 is 0 Å². The van der Waals surface area contributed by atoms with Gasteiger partial charge in [0.05, 0.1) is 18.0 Å². The molecule has 0 saturated heterocycles. The first-order valence-corrected chi connectivity index (χ1v) is 9.15. The van der Waals surface area contributed by atoms with E-state index in [0.717, 1.165) is 24.3 Å². The molecule has 0 bridgehead atoms. The van der Waals surface area contributed by atoms with Crippen LogP contribution in [0.4, 0.5) is 0 Å². The molecule has 0 unspecified atom stereocenters. The van der Waals surface area contributed by atoms with Gasteiger partial charge in [0.15, 0.2) is 5.69 Å². The Morgan fingerprint density at radius 2 is 1.85 bits per heavy atom. The molecule has 0 atom stereocenters. The topological polar surface area (TPSA) is 104 Å². The number of hydrogen-bond acceptors (Lipinski definition) is 6. The van der Waals surface area contributed by atoms with Gasteiger partial charge in [-0.3, -0.25) is 4.79 Å². The van der Waals surface area contributed by atoms with Gasteiger partial charge in [0, 0.05) is 19.2 Å². The fourth-order valence-electron chi connectivity index (χ4n) is 2.46. The van der Waals surface area contributed by atoms with Crippen molar-refractivity contribution in [2.24, 2.45) is 5.73 Å². The highest BCUT2D eigenvalue weighted by Crippen LogP contribution is 2.15. The smallest absolute Gasteiger partial charge is 0.273 e. The molecule has 0 aliphatic rings. The van der Waals surface area contributed by atoms with E-state index in [1.54, 1.807) is 14.0 Å². The van der Waals surface area contributed by atoms with Crippen molar-refractivity contribution in [3.63, 3.8) is 0 Å². The van der Waals surface area contributed by atoms with Crippen LogP contribution in [0.25, 0.3) is 5.69 Å².